The summed E-state index contributed by atoms with van der Waals surface area (Å²) in [5.74, 6) is 0. The van der Waals surface area contributed by atoms with Gasteiger partial charge in [-0.25, -0.2) is 4.98 Å². The van der Waals surface area contributed by atoms with Crippen molar-refractivity contribution >= 4 is 43.8 Å². The summed E-state index contributed by atoms with van der Waals surface area (Å²) in [6.45, 7) is 2.15. The van der Waals surface area contributed by atoms with E-state index in [0.717, 1.165) is 33.5 Å². The predicted octanol–water partition coefficient (Wildman–Crippen LogP) is 8.26. The van der Waals surface area contributed by atoms with Crippen molar-refractivity contribution in [1.29, 1.82) is 0 Å². The second kappa shape index (κ2) is 7.51. The van der Waals surface area contributed by atoms with Crippen molar-refractivity contribution in [2.45, 2.75) is 6.92 Å². The van der Waals surface area contributed by atoms with Crippen LogP contribution in [0, 0.1) is 6.92 Å². The zero-order chi connectivity index (χ0) is 21.5. The average Bonchev–Trinajstić information content (AvgIpc) is 2.85. The van der Waals surface area contributed by atoms with Gasteiger partial charge in [0.25, 0.3) is 0 Å². The molecule has 0 aliphatic heterocycles. The van der Waals surface area contributed by atoms with Gasteiger partial charge in [0.05, 0.1) is 16.9 Å². The van der Waals surface area contributed by atoms with Gasteiger partial charge in [-0.1, -0.05) is 97.1 Å². The van der Waals surface area contributed by atoms with Gasteiger partial charge in [0, 0.05) is 22.0 Å². The molecule has 0 fully saturated rings. The normalized spacial score (nSPS) is 11.3. The molecular weight excluding hydrogens is 388 g/mol. The minimum Gasteiger partial charge on any atom is -0.353 e. The van der Waals surface area contributed by atoms with Crippen LogP contribution in [-0.4, -0.2) is 4.98 Å². The third kappa shape index (κ3) is 3.09. The minimum atomic E-state index is 0.977. The van der Waals surface area contributed by atoms with E-state index in [1.165, 1.54) is 27.1 Å². The van der Waals surface area contributed by atoms with E-state index in [1.54, 1.807) is 0 Å². The first-order chi connectivity index (χ1) is 15.8. The Bertz CT molecular complexity index is 1610. The number of nitrogens with zero attached hydrogens (tertiary/aromatic N) is 1. The zero-order valence-corrected chi connectivity index (χ0v) is 17.8. The van der Waals surface area contributed by atoms with Crippen molar-refractivity contribution in [3.8, 4) is 11.3 Å². The molecule has 0 spiro atoms. The summed E-state index contributed by atoms with van der Waals surface area (Å²) in [7, 11) is 0. The van der Waals surface area contributed by atoms with Crippen LogP contribution in [0.1, 0.15) is 5.56 Å². The Morgan fingerprint density at radius 1 is 0.562 bits per heavy atom. The van der Waals surface area contributed by atoms with Crippen LogP contribution in [-0.2, 0) is 0 Å². The van der Waals surface area contributed by atoms with Gasteiger partial charge in [0.2, 0.25) is 0 Å². The van der Waals surface area contributed by atoms with Crippen molar-refractivity contribution in [3.63, 3.8) is 0 Å². The highest BCUT2D eigenvalue weighted by Gasteiger charge is 2.11. The predicted molar refractivity (Wildman–Crippen MR) is 137 cm³/mol. The number of pyridine rings is 1. The second-order valence-electron chi connectivity index (χ2n) is 8.20. The fourth-order valence-electron chi connectivity index (χ4n) is 4.53. The Kier molecular flexibility index (Phi) is 4.36. The lowest BCUT2D eigenvalue weighted by atomic mass is 10.0. The third-order valence-electron chi connectivity index (χ3n) is 6.18. The topological polar surface area (TPSA) is 24.9 Å². The van der Waals surface area contributed by atoms with E-state index in [4.69, 9.17) is 4.98 Å². The standard InChI is InChI=1S/C30H22N2/c1-20-16-17-22-9-3-5-13-25(22)29(20)32-28-15-7-11-23-18-19-27(31-30(23)28)26-14-6-10-21-8-2-4-12-24(21)26/h2-19,32H,1H3. The van der Waals surface area contributed by atoms with Crippen LogP contribution < -0.4 is 5.32 Å². The van der Waals surface area contributed by atoms with Gasteiger partial charge in [-0.15, -0.1) is 0 Å². The van der Waals surface area contributed by atoms with Gasteiger partial charge in [-0.2, -0.15) is 0 Å². The molecule has 32 heavy (non-hydrogen) atoms. The van der Waals surface area contributed by atoms with Gasteiger partial charge in [0.15, 0.2) is 0 Å². The molecule has 2 nitrogen and oxygen atoms in total. The van der Waals surface area contributed by atoms with E-state index in [-0.39, 0.29) is 0 Å². The molecule has 0 radical (unpaired) electrons. The number of fused-ring (bicyclic) bond motifs is 3. The Balaban J connectivity index is 1.53. The number of para-hydroxylation sites is 1. The number of rotatable bonds is 3. The van der Waals surface area contributed by atoms with Crippen molar-refractivity contribution in [2.24, 2.45) is 0 Å². The molecule has 1 N–H and O–H groups in total. The summed E-state index contributed by atoms with van der Waals surface area (Å²) in [6, 6.07) is 38.3. The summed E-state index contributed by atoms with van der Waals surface area (Å²) in [5, 5.41) is 9.72. The van der Waals surface area contributed by atoms with Gasteiger partial charge < -0.3 is 5.32 Å². The van der Waals surface area contributed by atoms with Crippen molar-refractivity contribution in [2.75, 3.05) is 5.32 Å². The van der Waals surface area contributed by atoms with E-state index in [2.05, 4.69) is 121 Å². The highest BCUT2D eigenvalue weighted by Crippen LogP contribution is 2.34. The summed E-state index contributed by atoms with van der Waals surface area (Å²) in [4.78, 5) is 5.14. The summed E-state index contributed by atoms with van der Waals surface area (Å²) in [5.41, 5.74) is 6.48. The maximum atomic E-state index is 5.14. The molecule has 0 aliphatic rings. The van der Waals surface area contributed by atoms with Crippen LogP contribution in [0.2, 0.25) is 0 Å². The Labute approximate surface area is 187 Å². The molecule has 2 heteroatoms. The first-order valence-corrected chi connectivity index (χ1v) is 10.9. The SMILES string of the molecule is Cc1ccc2ccccc2c1Nc1cccc2ccc(-c3cccc4ccccc34)nc12. The van der Waals surface area contributed by atoms with Gasteiger partial charge in [-0.05, 0) is 40.8 Å². The number of hydrogen-bond donors (Lipinski definition) is 1. The highest BCUT2D eigenvalue weighted by atomic mass is 14.9. The van der Waals surface area contributed by atoms with E-state index in [9.17, 15) is 0 Å². The lowest BCUT2D eigenvalue weighted by Gasteiger charge is -2.15. The molecule has 0 aliphatic carbocycles. The van der Waals surface area contributed by atoms with Crippen molar-refractivity contribution in [1.82, 2.24) is 4.98 Å². The molecule has 0 saturated heterocycles. The van der Waals surface area contributed by atoms with Gasteiger partial charge in [-0.3, -0.25) is 0 Å². The van der Waals surface area contributed by atoms with E-state index < -0.39 is 0 Å². The van der Waals surface area contributed by atoms with Crippen LogP contribution in [0.3, 0.4) is 0 Å². The largest absolute Gasteiger partial charge is 0.353 e. The number of hydrogen-bond acceptors (Lipinski definition) is 2. The van der Waals surface area contributed by atoms with Gasteiger partial charge >= 0.3 is 0 Å². The van der Waals surface area contributed by atoms with Crippen LogP contribution >= 0.6 is 0 Å². The van der Waals surface area contributed by atoms with Gasteiger partial charge in [0.1, 0.15) is 0 Å². The Morgan fingerprint density at radius 3 is 2.09 bits per heavy atom. The number of aromatic nitrogens is 1. The first-order valence-electron chi connectivity index (χ1n) is 10.9. The molecule has 152 valence electrons. The molecule has 0 unspecified atom stereocenters. The smallest absolute Gasteiger partial charge is 0.0944 e. The summed E-state index contributed by atoms with van der Waals surface area (Å²) < 4.78 is 0. The molecule has 6 rings (SSSR count). The maximum absolute atomic E-state index is 5.14. The molecule has 6 aromatic rings. The molecule has 1 aromatic heterocycles. The van der Waals surface area contributed by atoms with Crippen LogP contribution in [0.4, 0.5) is 11.4 Å². The zero-order valence-electron chi connectivity index (χ0n) is 17.8. The van der Waals surface area contributed by atoms with Crippen molar-refractivity contribution < 1.29 is 0 Å². The van der Waals surface area contributed by atoms with Crippen molar-refractivity contribution in [3.05, 3.63) is 115 Å². The molecule has 0 bridgehead atoms. The number of nitrogens with one attached hydrogen (secondary N) is 1. The highest BCUT2D eigenvalue weighted by molar-refractivity contribution is 6.02. The number of anilines is 2. The second-order valence-corrected chi connectivity index (χ2v) is 8.20. The Hall–Kier alpha value is -4.17. The van der Waals surface area contributed by atoms with E-state index in [1.807, 2.05) is 0 Å². The number of benzene rings is 5. The monoisotopic (exact) mass is 410 g/mol. The molecule has 0 saturated carbocycles. The summed E-state index contributed by atoms with van der Waals surface area (Å²) >= 11 is 0. The average molecular weight is 411 g/mol. The maximum Gasteiger partial charge on any atom is 0.0944 e. The fraction of sp³-hybridized carbons (Fsp3) is 0.0333. The van der Waals surface area contributed by atoms with Crippen LogP contribution in [0.15, 0.2) is 109 Å². The fourth-order valence-corrected chi connectivity index (χ4v) is 4.53. The Morgan fingerprint density at radius 2 is 1.22 bits per heavy atom. The molecule has 5 aromatic carbocycles. The molecule has 0 amide bonds. The molecular formula is C30H22N2. The lowest BCUT2D eigenvalue weighted by Crippen LogP contribution is -1.97. The third-order valence-corrected chi connectivity index (χ3v) is 6.18. The molecule has 0 atom stereocenters. The quantitative estimate of drug-likeness (QED) is 0.318. The van der Waals surface area contributed by atoms with Crippen LogP contribution in [0.5, 0.6) is 0 Å². The van der Waals surface area contributed by atoms with E-state index >= 15 is 0 Å². The van der Waals surface area contributed by atoms with Crippen LogP contribution in [0.25, 0.3) is 43.7 Å². The minimum absolute atomic E-state index is 0.977. The lowest BCUT2D eigenvalue weighted by molar-refractivity contribution is 1.39. The molecule has 1 heterocycles. The van der Waals surface area contributed by atoms with E-state index in [0.29, 0.717) is 0 Å². The first kappa shape index (κ1) is 18.6. The number of aryl methyl sites for hydroxylation is 1. The summed E-state index contributed by atoms with van der Waals surface area (Å²) in [6.07, 6.45) is 0.